The second kappa shape index (κ2) is 7.51. The van der Waals surface area contributed by atoms with Gasteiger partial charge in [-0.3, -0.25) is 0 Å². The fraction of sp³-hybridized carbons (Fsp3) is 0.348. The maximum absolute atomic E-state index is 12.1. The second-order valence-corrected chi connectivity index (χ2v) is 8.19. The Hall–Kier alpha value is -2.07. The number of aryl methyl sites for hydroxylation is 1. The van der Waals surface area contributed by atoms with Gasteiger partial charge in [0.2, 0.25) is 0 Å². The lowest BCUT2D eigenvalue weighted by atomic mass is 9.84. The Bertz CT molecular complexity index is 999. The molecule has 1 aromatic heterocycles. The molecule has 0 saturated heterocycles. The summed E-state index contributed by atoms with van der Waals surface area (Å²) in [4.78, 5) is 12.1. The number of methoxy groups -OCH3 is 1. The number of nitrogens with zero attached hydrogens (tertiary/aromatic N) is 1. The van der Waals surface area contributed by atoms with E-state index < -0.39 is 0 Å². The highest BCUT2D eigenvalue weighted by Gasteiger charge is 2.25. The third-order valence-electron chi connectivity index (χ3n) is 5.64. The molecule has 0 spiro atoms. The minimum Gasteiger partial charge on any atom is -0.465 e. The summed E-state index contributed by atoms with van der Waals surface area (Å²) in [6, 6.07) is 14.4. The van der Waals surface area contributed by atoms with Crippen LogP contribution in [0.15, 0.2) is 47.1 Å². The summed E-state index contributed by atoms with van der Waals surface area (Å²) in [5, 5.41) is 1.22. The predicted octanol–water partition coefficient (Wildman–Crippen LogP) is 6.54. The summed E-state index contributed by atoms with van der Waals surface area (Å²) < 4.78 is 8.29. The molecule has 0 atom stereocenters. The zero-order chi connectivity index (χ0) is 19.0. The average molecular weight is 426 g/mol. The second-order valence-electron chi connectivity index (χ2n) is 7.44. The number of halogens is 1. The van der Waals surface area contributed by atoms with Crippen molar-refractivity contribution >= 4 is 32.8 Å². The van der Waals surface area contributed by atoms with Gasteiger partial charge in [0.15, 0.2) is 0 Å². The molecule has 0 aliphatic heterocycles. The van der Waals surface area contributed by atoms with Gasteiger partial charge in [0.1, 0.15) is 0 Å². The normalized spacial score (nSPS) is 15.2. The van der Waals surface area contributed by atoms with Gasteiger partial charge in [-0.05, 0) is 77.0 Å². The Morgan fingerprint density at radius 3 is 2.59 bits per heavy atom. The molecule has 4 rings (SSSR count). The molecule has 1 fully saturated rings. The van der Waals surface area contributed by atoms with E-state index in [1.165, 1.54) is 55.7 Å². The summed E-state index contributed by atoms with van der Waals surface area (Å²) in [6.45, 7) is 2.10. The van der Waals surface area contributed by atoms with Gasteiger partial charge in [0, 0.05) is 11.1 Å². The van der Waals surface area contributed by atoms with Gasteiger partial charge in [-0.1, -0.05) is 37.5 Å². The number of rotatable bonds is 3. The minimum atomic E-state index is -0.302. The molecule has 1 aliphatic rings. The molecule has 0 bridgehead atoms. The zero-order valence-electron chi connectivity index (χ0n) is 15.8. The smallest absolute Gasteiger partial charge is 0.337 e. The van der Waals surface area contributed by atoms with E-state index in [-0.39, 0.29) is 5.97 Å². The first-order valence-corrected chi connectivity index (χ1v) is 10.4. The molecular weight excluding hydrogens is 402 g/mol. The van der Waals surface area contributed by atoms with Crippen LogP contribution in [0, 0.1) is 6.92 Å². The monoisotopic (exact) mass is 425 g/mol. The number of carbonyl (C=O) groups excluding carboxylic acids is 1. The Morgan fingerprint density at radius 2 is 1.89 bits per heavy atom. The van der Waals surface area contributed by atoms with Crippen LogP contribution in [0.4, 0.5) is 0 Å². The van der Waals surface area contributed by atoms with Crippen LogP contribution in [0.25, 0.3) is 16.6 Å². The predicted molar refractivity (Wildman–Crippen MR) is 113 cm³/mol. The van der Waals surface area contributed by atoms with Crippen LogP contribution in [0.3, 0.4) is 0 Å². The fourth-order valence-electron chi connectivity index (χ4n) is 4.33. The first-order chi connectivity index (χ1) is 13.1. The van der Waals surface area contributed by atoms with Gasteiger partial charge < -0.3 is 9.30 Å². The van der Waals surface area contributed by atoms with Crippen LogP contribution >= 0.6 is 15.9 Å². The Kier molecular flexibility index (Phi) is 5.09. The number of hydrogen-bond donors (Lipinski definition) is 0. The van der Waals surface area contributed by atoms with Gasteiger partial charge in [-0.15, -0.1) is 0 Å². The number of hydrogen-bond acceptors (Lipinski definition) is 2. The highest BCUT2D eigenvalue weighted by atomic mass is 79.9. The molecule has 1 aliphatic carbocycles. The molecule has 4 heteroatoms. The van der Waals surface area contributed by atoms with Crippen LogP contribution in [0.2, 0.25) is 0 Å². The molecule has 1 saturated carbocycles. The molecule has 0 unspecified atom stereocenters. The molecule has 0 amide bonds. The molecule has 140 valence electrons. The highest BCUT2D eigenvalue weighted by Crippen LogP contribution is 2.43. The standard InChI is InChI=1S/C23H24BrNO2/c1-15-7-6-10-18(13-15)25-20-14-17(23(26)27-2)11-12-19(20)21(22(25)24)16-8-4-3-5-9-16/h6-7,10-14,16H,3-5,8-9H2,1-2H3. The van der Waals surface area contributed by atoms with Crippen molar-refractivity contribution in [1.29, 1.82) is 0 Å². The van der Waals surface area contributed by atoms with E-state index in [0.717, 1.165) is 15.8 Å². The minimum absolute atomic E-state index is 0.302. The SMILES string of the molecule is COC(=O)c1ccc2c(C3CCCCC3)c(Br)n(-c3cccc(C)c3)c2c1. The van der Waals surface area contributed by atoms with E-state index in [4.69, 9.17) is 4.74 Å². The van der Waals surface area contributed by atoms with E-state index in [9.17, 15) is 4.79 Å². The Labute approximate surface area is 168 Å². The van der Waals surface area contributed by atoms with E-state index in [2.05, 4.69) is 57.8 Å². The van der Waals surface area contributed by atoms with Crippen molar-refractivity contribution in [3.63, 3.8) is 0 Å². The Balaban J connectivity index is 1.98. The number of aromatic nitrogens is 1. The topological polar surface area (TPSA) is 31.2 Å². The number of benzene rings is 2. The third-order valence-corrected chi connectivity index (χ3v) is 6.42. The van der Waals surface area contributed by atoms with E-state index >= 15 is 0 Å². The van der Waals surface area contributed by atoms with Crippen molar-refractivity contribution in [3.8, 4) is 5.69 Å². The van der Waals surface area contributed by atoms with Gasteiger partial charge in [-0.2, -0.15) is 0 Å². The lowest BCUT2D eigenvalue weighted by Crippen LogP contribution is -2.05. The lowest BCUT2D eigenvalue weighted by Gasteiger charge is -2.22. The summed E-state index contributed by atoms with van der Waals surface area (Å²) in [7, 11) is 1.43. The first kappa shape index (κ1) is 18.3. The quantitative estimate of drug-likeness (QED) is 0.446. The summed E-state index contributed by atoms with van der Waals surface area (Å²) in [6.07, 6.45) is 6.36. The maximum Gasteiger partial charge on any atom is 0.337 e. The van der Waals surface area contributed by atoms with Gasteiger partial charge in [0.05, 0.1) is 22.8 Å². The number of ether oxygens (including phenoxy) is 1. The molecule has 2 aromatic carbocycles. The molecule has 0 N–H and O–H groups in total. The fourth-order valence-corrected chi connectivity index (χ4v) is 5.26. The highest BCUT2D eigenvalue weighted by molar-refractivity contribution is 9.10. The number of carbonyl (C=O) groups is 1. The first-order valence-electron chi connectivity index (χ1n) is 9.59. The number of fused-ring (bicyclic) bond motifs is 1. The van der Waals surface area contributed by atoms with Crippen molar-refractivity contribution in [1.82, 2.24) is 4.57 Å². The lowest BCUT2D eigenvalue weighted by molar-refractivity contribution is 0.0601. The van der Waals surface area contributed by atoms with E-state index in [1.54, 1.807) is 0 Å². The maximum atomic E-state index is 12.1. The van der Waals surface area contributed by atoms with Crippen LogP contribution < -0.4 is 0 Å². The van der Waals surface area contributed by atoms with Crippen LogP contribution in [0.1, 0.15) is 59.5 Å². The van der Waals surface area contributed by atoms with Gasteiger partial charge >= 0.3 is 5.97 Å². The molecule has 27 heavy (non-hydrogen) atoms. The number of esters is 1. The van der Waals surface area contributed by atoms with Crippen molar-refractivity contribution < 1.29 is 9.53 Å². The summed E-state index contributed by atoms with van der Waals surface area (Å²) >= 11 is 3.92. The molecule has 1 heterocycles. The van der Waals surface area contributed by atoms with Crippen LogP contribution in [0.5, 0.6) is 0 Å². The molecule has 0 radical (unpaired) electrons. The zero-order valence-corrected chi connectivity index (χ0v) is 17.4. The largest absolute Gasteiger partial charge is 0.465 e. The van der Waals surface area contributed by atoms with Gasteiger partial charge in [-0.25, -0.2) is 4.79 Å². The van der Waals surface area contributed by atoms with E-state index in [0.29, 0.717) is 11.5 Å². The molecule has 3 aromatic rings. The average Bonchev–Trinajstić information content (AvgIpc) is 2.99. The van der Waals surface area contributed by atoms with Gasteiger partial charge in [0.25, 0.3) is 0 Å². The van der Waals surface area contributed by atoms with E-state index in [1.807, 2.05) is 12.1 Å². The van der Waals surface area contributed by atoms with Crippen LogP contribution in [-0.2, 0) is 4.74 Å². The molecular formula is C23H24BrNO2. The Morgan fingerprint density at radius 1 is 1.11 bits per heavy atom. The van der Waals surface area contributed by atoms with Crippen molar-refractivity contribution in [3.05, 3.63) is 63.8 Å². The van der Waals surface area contributed by atoms with Crippen molar-refractivity contribution in [2.45, 2.75) is 44.9 Å². The molecule has 3 nitrogen and oxygen atoms in total. The van der Waals surface area contributed by atoms with Crippen LogP contribution in [-0.4, -0.2) is 17.6 Å². The summed E-state index contributed by atoms with van der Waals surface area (Å²) in [5.41, 5.74) is 5.33. The van der Waals surface area contributed by atoms with Crippen molar-refractivity contribution in [2.24, 2.45) is 0 Å². The third kappa shape index (κ3) is 3.31. The summed E-state index contributed by atoms with van der Waals surface area (Å²) in [5.74, 6) is 0.259. The van der Waals surface area contributed by atoms with Crippen molar-refractivity contribution in [2.75, 3.05) is 7.11 Å².